The predicted octanol–water partition coefficient (Wildman–Crippen LogP) is 3.61. The monoisotopic (exact) mass is 288 g/mol. The molecule has 0 bridgehead atoms. The minimum atomic E-state index is -0.0657. The minimum Gasteiger partial charge on any atom is -0.367 e. The summed E-state index contributed by atoms with van der Waals surface area (Å²) in [4.78, 5) is 6.14. The first-order valence-electron chi connectivity index (χ1n) is 7.21. The molecule has 1 aliphatic carbocycles. The van der Waals surface area contributed by atoms with Crippen LogP contribution >= 0.6 is 11.3 Å². The number of aromatic nitrogens is 1. The summed E-state index contributed by atoms with van der Waals surface area (Å²) in [5.74, 6) is 0. The molecule has 2 unspecified atom stereocenters. The Morgan fingerprint density at radius 2 is 2.20 bits per heavy atom. The van der Waals surface area contributed by atoms with Gasteiger partial charge in [-0.25, -0.2) is 4.98 Å². The zero-order valence-corrected chi connectivity index (χ0v) is 12.5. The van der Waals surface area contributed by atoms with Gasteiger partial charge in [-0.2, -0.15) is 0 Å². The van der Waals surface area contributed by atoms with E-state index in [1.165, 1.54) is 11.3 Å². The van der Waals surface area contributed by atoms with Crippen LogP contribution in [-0.2, 0) is 11.2 Å². The number of fused-ring (bicyclic) bond motifs is 1. The third kappa shape index (κ3) is 2.64. The average Bonchev–Trinajstić information content (AvgIpc) is 2.91. The fourth-order valence-corrected chi connectivity index (χ4v) is 3.94. The molecule has 3 nitrogen and oxygen atoms in total. The summed E-state index contributed by atoms with van der Waals surface area (Å²) in [6.07, 6.45) is 3.25. The number of hydrogen-bond donors (Lipinski definition) is 1. The van der Waals surface area contributed by atoms with E-state index in [1.807, 2.05) is 25.1 Å². The first kappa shape index (κ1) is 13.7. The number of aryl methyl sites for hydroxylation is 1. The molecule has 0 saturated carbocycles. The molecule has 0 radical (unpaired) electrons. The second-order valence-electron chi connectivity index (χ2n) is 5.11. The summed E-state index contributed by atoms with van der Waals surface area (Å²) >= 11 is 1.77. The number of nitrogens with zero attached hydrogens (tertiary/aromatic N) is 1. The van der Waals surface area contributed by atoms with Crippen LogP contribution in [0.1, 0.15) is 53.1 Å². The van der Waals surface area contributed by atoms with Gasteiger partial charge in [0.25, 0.3) is 0 Å². The molecule has 0 spiro atoms. The van der Waals surface area contributed by atoms with Crippen molar-refractivity contribution in [1.29, 1.82) is 0 Å². The zero-order chi connectivity index (χ0) is 13.9. The Balaban J connectivity index is 1.96. The molecule has 0 saturated heterocycles. The topological polar surface area (TPSA) is 48.1 Å². The summed E-state index contributed by atoms with van der Waals surface area (Å²) in [5, 5.41) is 1.04. The van der Waals surface area contributed by atoms with Crippen molar-refractivity contribution in [3.8, 4) is 0 Å². The highest BCUT2D eigenvalue weighted by atomic mass is 32.1. The maximum Gasteiger partial charge on any atom is 0.134 e. The standard InChI is InChI=1S/C16H20N2OS/c1-2-19-15(11-7-4-3-5-8-11)16-18-14-12(17)9-6-10-13(14)20-16/h3-5,7-8,12,15H,2,6,9-10,17H2,1H3. The minimum absolute atomic E-state index is 0.0657. The summed E-state index contributed by atoms with van der Waals surface area (Å²) in [7, 11) is 0. The van der Waals surface area contributed by atoms with Gasteiger partial charge in [-0.05, 0) is 31.7 Å². The maximum atomic E-state index is 6.18. The SMILES string of the molecule is CCOC(c1ccccc1)c1nc2c(s1)CCCC2N. The van der Waals surface area contributed by atoms with Gasteiger partial charge in [0.2, 0.25) is 0 Å². The van der Waals surface area contributed by atoms with Crippen molar-refractivity contribution >= 4 is 11.3 Å². The van der Waals surface area contributed by atoms with Crippen LogP contribution < -0.4 is 5.73 Å². The lowest BCUT2D eigenvalue weighted by Gasteiger charge is -2.16. The molecule has 3 rings (SSSR count). The fourth-order valence-electron chi connectivity index (χ4n) is 2.69. The van der Waals surface area contributed by atoms with Gasteiger partial charge in [0.05, 0.1) is 5.69 Å². The highest BCUT2D eigenvalue weighted by Crippen LogP contribution is 2.37. The van der Waals surface area contributed by atoms with E-state index in [9.17, 15) is 0 Å². The van der Waals surface area contributed by atoms with Crippen molar-refractivity contribution in [3.05, 3.63) is 51.5 Å². The first-order chi connectivity index (χ1) is 9.79. The normalized spacial score (nSPS) is 19.6. The highest BCUT2D eigenvalue weighted by Gasteiger charge is 2.26. The van der Waals surface area contributed by atoms with Crippen LogP contribution in [0.5, 0.6) is 0 Å². The number of benzene rings is 1. The number of thiazole rings is 1. The Labute approximate surface area is 123 Å². The van der Waals surface area contributed by atoms with Crippen LogP contribution in [0.4, 0.5) is 0 Å². The van der Waals surface area contributed by atoms with E-state index in [2.05, 4.69) is 12.1 Å². The Morgan fingerprint density at radius 1 is 1.40 bits per heavy atom. The summed E-state index contributed by atoms with van der Waals surface area (Å²) < 4.78 is 5.93. The van der Waals surface area contributed by atoms with Crippen LogP contribution in [0, 0.1) is 0 Å². The second kappa shape index (κ2) is 6.04. The van der Waals surface area contributed by atoms with Gasteiger partial charge in [-0.1, -0.05) is 30.3 Å². The fraction of sp³-hybridized carbons (Fsp3) is 0.438. The lowest BCUT2D eigenvalue weighted by atomic mass is 9.98. The van der Waals surface area contributed by atoms with Crippen molar-refractivity contribution < 1.29 is 4.74 Å². The molecule has 0 amide bonds. The van der Waals surface area contributed by atoms with E-state index in [1.54, 1.807) is 11.3 Å². The maximum absolute atomic E-state index is 6.18. The van der Waals surface area contributed by atoms with Crippen molar-refractivity contribution in [2.24, 2.45) is 5.73 Å². The number of ether oxygens (including phenoxy) is 1. The van der Waals surface area contributed by atoms with Gasteiger partial charge < -0.3 is 10.5 Å². The molecule has 1 aliphatic rings. The number of hydrogen-bond acceptors (Lipinski definition) is 4. The lowest BCUT2D eigenvalue weighted by Crippen LogP contribution is -2.16. The number of rotatable bonds is 4. The largest absolute Gasteiger partial charge is 0.367 e. The predicted molar refractivity (Wildman–Crippen MR) is 81.9 cm³/mol. The zero-order valence-electron chi connectivity index (χ0n) is 11.7. The molecule has 106 valence electrons. The quantitative estimate of drug-likeness (QED) is 0.935. The highest BCUT2D eigenvalue weighted by molar-refractivity contribution is 7.11. The Kier molecular flexibility index (Phi) is 4.15. The van der Waals surface area contributed by atoms with Gasteiger partial charge in [-0.15, -0.1) is 11.3 Å². The van der Waals surface area contributed by atoms with Crippen LogP contribution in [-0.4, -0.2) is 11.6 Å². The summed E-state index contributed by atoms with van der Waals surface area (Å²) in [5.41, 5.74) is 8.43. The molecule has 2 N–H and O–H groups in total. The summed E-state index contributed by atoms with van der Waals surface area (Å²) in [6, 6.07) is 10.4. The van der Waals surface area contributed by atoms with Crippen molar-refractivity contribution in [2.75, 3.05) is 6.61 Å². The van der Waals surface area contributed by atoms with Gasteiger partial charge in [0, 0.05) is 17.5 Å². The van der Waals surface area contributed by atoms with Crippen LogP contribution in [0.3, 0.4) is 0 Å². The van der Waals surface area contributed by atoms with Crippen molar-refractivity contribution in [2.45, 2.75) is 38.3 Å². The second-order valence-corrected chi connectivity index (χ2v) is 6.22. The Morgan fingerprint density at radius 3 is 2.90 bits per heavy atom. The van der Waals surface area contributed by atoms with Crippen LogP contribution in [0.25, 0.3) is 0 Å². The van der Waals surface area contributed by atoms with E-state index in [4.69, 9.17) is 15.5 Å². The van der Waals surface area contributed by atoms with E-state index in [-0.39, 0.29) is 12.1 Å². The average molecular weight is 288 g/mol. The Hall–Kier alpha value is -1.23. The molecular formula is C16H20N2OS. The molecule has 0 aliphatic heterocycles. The Bertz CT molecular complexity index is 567. The lowest BCUT2D eigenvalue weighted by molar-refractivity contribution is 0.0910. The van der Waals surface area contributed by atoms with E-state index >= 15 is 0 Å². The molecule has 4 heteroatoms. The molecular weight excluding hydrogens is 268 g/mol. The molecule has 20 heavy (non-hydrogen) atoms. The number of nitrogens with two attached hydrogens (primary N) is 1. The van der Waals surface area contributed by atoms with E-state index in [0.29, 0.717) is 6.61 Å². The van der Waals surface area contributed by atoms with E-state index in [0.717, 1.165) is 29.1 Å². The van der Waals surface area contributed by atoms with Crippen LogP contribution in [0.2, 0.25) is 0 Å². The molecule has 2 aromatic rings. The van der Waals surface area contributed by atoms with E-state index < -0.39 is 0 Å². The molecule has 1 aromatic carbocycles. The smallest absolute Gasteiger partial charge is 0.134 e. The summed E-state index contributed by atoms with van der Waals surface area (Å²) in [6.45, 7) is 2.70. The van der Waals surface area contributed by atoms with Gasteiger partial charge in [0.15, 0.2) is 0 Å². The molecule has 0 fully saturated rings. The molecule has 1 aromatic heterocycles. The van der Waals surface area contributed by atoms with Gasteiger partial charge >= 0.3 is 0 Å². The third-order valence-electron chi connectivity index (χ3n) is 3.67. The van der Waals surface area contributed by atoms with Crippen molar-refractivity contribution in [3.63, 3.8) is 0 Å². The van der Waals surface area contributed by atoms with Crippen molar-refractivity contribution in [1.82, 2.24) is 4.98 Å². The van der Waals surface area contributed by atoms with Crippen LogP contribution in [0.15, 0.2) is 30.3 Å². The molecule has 1 heterocycles. The first-order valence-corrected chi connectivity index (χ1v) is 8.03. The van der Waals surface area contributed by atoms with Gasteiger partial charge in [-0.3, -0.25) is 0 Å². The third-order valence-corrected chi connectivity index (χ3v) is 4.85. The van der Waals surface area contributed by atoms with Gasteiger partial charge in [0.1, 0.15) is 11.1 Å². The molecule has 2 atom stereocenters.